The molecule has 95 heavy (non-hydrogen) atoms. The SMILES string of the molecule is CC[C@H](C)[C@@H]1NC(=O)[C@H](C)N(C)C(=O)C[C@H](C(=O)N2CCCC2)NC(=O)[C@H](CC(C)C)N(C)C(=O)[C@H](Cc2ccccc2)N(C)C(=O)[C@H](CC(C)C)NC(=O)[C@H](Cc2cccc(Cl)c2)NC(=O)CN(C)C(=O)[C@H](Cc2ccc(Cl)cc2)N(C)C(=O)CN(C)C(=O)CN(C)C1=O. The van der Waals surface area contributed by atoms with Crippen molar-refractivity contribution >= 4 is 94.1 Å². The van der Waals surface area contributed by atoms with Crippen LogP contribution in [-0.4, -0.2) is 240 Å². The number of nitrogens with one attached hydrogen (secondary N) is 4. The maximum atomic E-state index is 15.5. The topological polar surface area (TPSA) is 279 Å². The van der Waals surface area contributed by atoms with E-state index in [0.29, 0.717) is 59.1 Å². The van der Waals surface area contributed by atoms with E-state index in [0.717, 1.165) is 24.5 Å². The van der Waals surface area contributed by atoms with Crippen LogP contribution in [0, 0.1) is 17.8 Å². The van der Waals surface area contributed by atoms with Crippen LogP contribution in [0.5, 0.6) is 0 Å². The Morgan fingerprint density at radius 1 is 0.495 bits per heavy atom. The van der Waals surface area contributed by atoms with Crippen molar-refractivity contribution in [3.05, 3.63) is 106 Å². The molecule has 0 aliphatic carbocycles. The number of likely N-dealkylation sites (tertiary alicyclic amines) is 1. The van der Waals surface area contributed by atoms with E-state index < -0.39 is 151 Å². The molecule has 2 saturated heterocycles. The Labute approximate surface area is 569 Å². The van der Waals surface area contributed by atoms with Crippen LogP contribution in [0.4, 0.5) is 0 Å². The van der Waals surface area contributed by atoms with Gasteiger partial charge < -0.3 is 60.5 Å². The highest BCUT2D eigenvalue weighted by molar-refractivity contribution is 6.30. The van der Waals surface area contributed by atoms with Gasteiger partial charge in [-0.25, -0.2) is 0 Å². The van der Waals surface area contributed by atoms with Crippen molar-refractivity contribution in [2.24, 2.45) is 17.8 Å². The molecule has 24 nitrogen and oxygen atoms in total. The van der Waals surface area contributed by atoms with Crippen LogP contribution < -0.4 is 21.3 Å². The lowest BCUT2D eigenvalue weighted by Crippen LogP contribution is -2.61. The van der Waals surface area contributed by atoms with Crippen LogP contribution >= 0.6 is 23.2 Å². The van der Waals surface area contributed by atoms with Gasteiger partial charge in [-0.3, -0.25) is 57.5 Å². The lowest BCUT2D eigenvalue weighted by atomic mass is 9.97. The molecule has 2 aliphatic heterocycles. The maximum Gasteiger partial charge on any atom is 0.246 e. The first-order chi connectivity index (χ1) is 44.7. The summed E-state index contributed by atoms with van der Waals surface area (Å²) in [4.78, 5) is 185. The van der Waals surface area contributed by atoms with Gasteiger partial charge in [0.25, 0.3) is 0 Å². The van der Waals surface area contributed by atoms with Crippen molar-refractivity contribution in [1.29, 1.82) is 0 Å². The third kappa shape index (κ3) is 22.2. The lowest BCUT2D eigenvalue weighted by molar-refractivity contribution is -0.150. The van der Waals surface area contributed by atoms with Crippen molar-refractivity contribution in [1.82, 2.24) is 60.5 Å². The van der Waals surface area contributed by atoms with Crippen LogP contribution in [0.3, 0.4) is 0 Å². The van der Waals surface area contributed by atoms with Crippen molar-refractivity contribution in [2.45, 2.75) is 155 Å². The number of halogens is 2. The molecule has 0 saturated carbocycles. The van der Waals surface area contributed by atoms with Gasteiger partial charge in [-0.2, -0.15) is 0 Å². The summed E-state index contributed by atoms with van der Waals surface area (Å²) in [6.07, 6.45) is 1.07. The third-order valence-electron chi connectivity index (χ3n) is 17.8. The summed E-state index contributed by atoms with van der Waals surface area (Å²) >= 11 is 12.7. The predicted molar refractivity (Wildman–Crippen MR) is 362 cm³/mol. The quantitative estimate of drug-likeness (QED) is 0.190. The van der Waals surface area contributed by atoms with Crippen molar-refractivity contribution in [3.63, 3.8) is 0 Å². The number of likely N-dealkylation sites (N-methyl/N-ethyl adjacent to an activating group) is 7. The smallest absolute Gasteiger partial charge is 0.246 e. The zero-order valence-corrected chi connectivity index (χ0v) is 59.0. The molecule has 4 N–H and O–H groups in total. The fraction of sp³-hybridized carbons (Fsp3) is 0.565. The zero-order valence-electron chi connectivity index (χ0n) is 57.5. The summed E-state index contributed by atoms with van der Waals surface area (Å²) in [6, 6.07) is 11.7. The molecule has 3 aromatic rings. The van der Waals surface area contributed by atoms with Gasteiger partial charge in [0.05, 0.1) is 26.1 Å². The molecule has 0 bridgehead atoms. The van der Waals surface area contributed by atoms with Crippen molar-refractivity contribution in [2.75, 3.05) is 82.1 Å². The van der Waals surface area contributed by atoms with Gasteiger partial charge in [-0.15, -0.1) is 0 Å². The second-order valence-corrected chi connectivity index (χ2v) is 27.1. The first-order valence-corrected chi connectivity index (χ1v) is 33.3. The monoisotopic (exact) mass is 1360 g/mol. The number of hydrogen-bond donors (Lipinski definition) is 4. The molecule has 520 valence electrons. The molecule has 0 spiro atoms. The molecule has 26 heteroatoms. The minimum absolute atomic E-state index is 0.0445. The summed E-state index contributed by atoms with van der Waals surface area (Å²) in [5.74, 6) is -9.28. The summed E-state index contributed by atoms with van der Waals surface area (Å²) in [6.45, 7) is 11.4. The van der Waals surface area contributed by atoms with Gasteiger partial charge in [0, 0.05) is 91.7 Å². The van der Waals surface area contributed by atoms with E-state index in [-0.39, 0.29) is 43.9 Å². The fourth-order valence-electron chi connectivity index (χ4n) is 11.5. The normalized spacial score (nSPS) is 23.9. The van der Waals surface area contributed by atoms with Gasteiger partial charge in [0.1, 0.15) is 48.3 Å². The maximum absolute atomic E-state index is 15.5. The van der Waals surface area contributed by atoms with Crippen molar-refractivity contribution in [3.8, 4) is 0 Å². The first kappa shape index (κ1) is 77.6. The van der Waals surface area contributed by atoms with Crippen LogP contribution in [0.2, 0.25) is 10.0 Å². The number of nitrogens with zero attached hydrogens (tertiary/aromatic N) is 8. The van der Waals surface area contributed by atoms with Gasteiger partial charge in [-0.1, -0.05) is 126 Å². The Morgan fingerprint density at radius 2 is 1.05 bits per heavy atom. The van der Waals surface area contributed by atoms with E-state index in [2.05, 4.69) is 21.3 Å². The molecule has 2 heterocycles. The minimum Gasteiger partial charge on any atom is -0.342 e. The van der Waals surface area contributed by atoms with Gasteiger partial charge >= 0.3 is 0 Å². The van der Waals surface area contributed by atoms with E-state index in [1.807, 2.05) is 34.6 Å². The second kappa shape index (κ2) is 36.1. The largest absolute Gasteiger partial charge is 0.342 e. The number of rotatable bonds is 13. The van der Waals surface area contributed by atoms with Crippen molar-refractivity contribution < 1.29 is 57.5 Å². The zero-order chi connectivity index (χ0) is 70.7. The number of amides is 12. The highest BCUT2D eigenvalue weighted by Gasteiger charge is 2.42. The molecule has 12 amide bonds. The predicted octanol–water partition coefficient (Wildman–Crippen LogP) is 3.83. The minimum atomic E-state index is -1.46. The average Bonchev–Trinajstić information content (AvgIpc) is 1.06. The van der Waals surface area contributed by atoms with Gasteiger partial charge in [0.2, 0.25) is 70.9 Å². The van der Waals surface area contributed by atoms with E-state index in [1.165, 1.54) is 66.1 Å². The van der Waals surface area contributed by atoms with Crippen LogP contribution in [0.25, 0.3) is 0 Å². The summed E-state index contributed by atoms with van der Waals surface area (Å²) in [5.41, 5.74) is 1.79. The molecule has 2 aliphatic rings. The van der Waals surface area contributed by atoms with Gasteiger partial charge in [-0.05, 0) is 91.3 Å². The van der Waals surface area contributed by atoms with E-state index in [9.17, 15) is 43.2 Å². The summed E-state index contributed by atoms with van der Waals surface area (Å²) in [5, 5.41) is 12.0. The fourth-order valence-corrected chi connectivity index (χ4v) is 11.8. The standard InChI is InChI=1S/C69H98Cl2N12O12/c1-15-44(6)61-69(95)78(10)40-59(86)76(8)41-60(87)80(12)55(37-47-26-28-49(70)29-27-47)67(93)77(9)39-57(84)72-51(35-48-24-21-25-50(71)34-48)63(89)73-52(32-42(2)3)65(91)82(14)56(36-46-22-17-16-18-23-46)68(94)81(13)54(33-43(4)5)64(90)74-53(66(92)83-30-19-20-31-83)38-58(85)79(11)45(7)62(88)75-61/h16-18,21-29,34,42-45,51-56,61H,15,19-20,30-33,35-41H2,1-14H3,(H,72,84)(H,73,89)(H,74,90)(H,75,88)/t44-,45-,51-,52-,53+,54-,55-,56-,61-/m0/s1. The van der Waals surface area contributed by atoms with E-state index in [4.69, 9.17) is 23.2 Å². The molecule has 0 radical (unpaired) electrons. The highest BCUT2D eigenvalue weighted by atomic mass is 35.5. The number of hydrogen-bond acceptors (Lipinski definition) is 12. The van der Waals surface area contributed by atoms with Crippen LogP contribution in [-0.2, 0) is 76.8 Å². The molecule has 3 aromatic carbocycles. The molecule has 2 fully saturated rings. The van der Waals surface area contributed by atoms with E-state index >= 15 is 14.4 Å². The molecular weight excluding hydrogens is 1260 g/mol. The molecule has 5 rings (SSSR count). The number of carbonyl (C=O) groups excluding carboxylic acids is 12. The molecular formula is C69H98Cl2N12O12. The Morgan fingerprint density at radius 3 is 1.64 bits per heavy atom. The highest BCUT2D eigenvalue weighted by Crippen LogP contribution is 2.23. The summed E-state index contributed by atoms with van der Waals surface area (Å²) in [7, 11) is 9.69. The Balaban J connectivity index is 1.63. The summed E-state index contributed by atoms with van der Waals surface area (Å²) < 4.78 is 0. The molecule has 0 unspecified atom stereocenters. The third-order valence-corrected chi connectivity index (χ3v) is 18.3. The number of benzene rings is 3. The Hall–Kier alpha value is -8.12. The van der Waals surface area contributed by atoms with Crippen LogP contribution in [0.1, 0.15) is 104 Å². The van der Waals surface area contributed by atoms with E-state index in [1.54, 1.807) is 90.7 Å². The van der Waals surface area contributed by atoms with Gasteiger partial charge in [0.15, 0.2) is 0 Å². The first-order valence-electron chi connectivity index (χ1n) is 32.5. The Kier molecular flexibility index (Phi) is 29.5. The average molecular weight is 1360 g/mol. The molecule has 9 atom stereocenters. The Bertz CT molecular complexity index is 3200. The lowest BCUT2D eigenvalue weighted by Gasteiger charge is -2.37. The second-order valence-electron chi connectivity index (χ2n) is 26.2. The van der Waals surface area contributed by atoms with Crippen LogP contribution in [0.15, 0.2) is 78.9 Å². The molecule has 0 aromatic heterocycles. The number of carbonyl (C=O) groups is 12.